The molecule has 0 saturated heterocycles. The first-order chi connectivity index (χ1) is 5.54. The van der Waals surface area contributed by atoms with E-state index in [0.29, 0.717) is 3.57 Å². The largest absolute Gasteiger partial charge is 1.00 e. The minimum atomic E-state index is -1.36. The molecule has 0 heterocycles. The fourth-order valence-electron chi connectivity index (χ4n) is 0.705. The number of carbonyl (C=O) groups is 1. The summed E-state index contributed by atoms with van der Waals surface area (Å²) in [7, 11) is 0. The van der Waals surface area contributed by atoms with Gasteiger partial charge in [0.2, 0.25) is 0 Å². The van der Waals surface area contributed by atoms with Gasteiger partial charge >= 0.3 is 18.9 Å². The number of aromatic carboxylic acids is 1. The van der Waals surface area contributed by atoms with E-state index < -0.39 is 5.97 Å². The second-order valence-corrected chi connectivity index (χ2v) is 4.29. The van der Waals surface area contributed by atoms with Crippen molar-refractivity contribution in [2.24, 2.45) is 0 Å². The van der Waals surface area contributed by atoms with Gasteiger partial charge in [0.1, 0.15) is 5.75 Å². The van der Waals surface area contributed by atoms with Crippen LogP contribution in [0.15, 0.2) is 12.1 Å². The number of carboxylic acid groups (broad SMARTS) is 1. The molecule has 0 unspecified atom stereocenters. The minimum absolute atomic E-state index is 0. The summed E-state index contributed by atoms with van der Waals surface area (Å²) >= 11 is 3.89. The van der Waals surface area contributed by atoms with E-state index >= 15 is 0 Å². The van der Waals surface area contributed by atoms with E-state index in [0.717, 1.165) is 3.57 Å². The molecule has 1 aromatic carbocycles. The van der Waals surface area contributed by atoms with Crippen molar-refractivity contribution in [3.63, 3.8) is 0 Å². The Balaban J connectivity index is 0.00000144. The number of rotatable bonds is 1. The van der Waals surface area contributed by atoms with E-state index in [1.165, 1.54) is 6.07 Å². The molecule has 3 nitrogen and oxygen atoms in total. The van der Waals surface area contributed by atoms with Crippen LogP contribution in [-0.2, 0) is 0 Å². The summed E-state index contributed by atoms with van der Waals surface area (Å²) in [6.07, 6.45) is 0. The molecule has 64 valence electrons. The smallest absolute Gasteiger partial charge is 0.545 e. The molecule has 0 aliphatic heterocycles. The fraction of sp³-hybridized carbons (Fsp3) is 0. The third-order valence-corrected chi connectivity index (χ3v) is 4.31. The van der Waals surface area contributed by atoms with Crippen LogP contribution in [0.25, 0.3) is 0 Å². The van der Waals surface area contributed by atoms with Gasteiger partial charge in [-0.1, -0.05) is 0 Å². The van der Waals surface area contributed by atoms with E-state index in [2.05, 4.69) is 0 Å². The zero-order valence-corrected chi connectivity index (χ0v) is 11.0. The molecule has 0 amide bonds. The third kappa shape index (κ3) is 3.01. The fourth-order valence-corrected chi connectivity index (χ4v) is 1.61. The number of hydrogen-bond acceptors (Lipinski definition) is 3. The van der Waals surface area contributed by atoms with Crippen molar-refractivity contribution in [1.29, 1.82) is 0 Å². The quantitative estimate of drug-likeness (QED) is 0.441. The molecule has 0 aliphatic carbocycles. The molecule has 13 heavy (non-hydrogen) atoms. The van der Waals surface area contributed by atoms with Gasteiger partial charge in [0.25, 0.3) is 0 Å². The molecular formula is C7H3I2LiO3. The second kappa shape index (κ2) is 5.43. The predicted octanol–water partition coefficient (Wildman–Crippen LogP) is -2.03. The Bertz CT molecular complexity index is 341. The Hall–Kier alpha value is 0.547. The van der Waals surface area contributed by atoms with Gasteiger partial charge in [0.05, 0.1) is 9.54 Å². The summed E-state index contributed by atoms with van der Waals surface area (Å²) < 4.78 is 1.35. The number of halogens is 2. The van der Waals surface area contributed by atoms with Gasteiger partial charge < -0.3 is 15.0 Å². The van der Waals surface area contributed by atoms with Gasteiger partial charge in [-0.3, -0.25) is 0 Å². The molecule has 0 aromatic heterocycles. The van der Waals surface area contributed by atoms with Gasteiger partial charge in [-0.2, -0.15) is 0 Å². The van der Waals surface area contributed by atoms with Crippen LogP contribution in [0.5, 0.6) is 5.75 Å². The topological polar surface area (TPSA) is 60.4 Å². The number of benzene rings is 1. The van der Waals surface area contributed by atoms with Gasteiger partial charge in [0, 0.05) is 9.13 Å². The Morgan fingerprint density at radius 2 is 1.92 bits per heavy atom. The van der Waals surface area contributed by atoms with Crippen molar-refractivity contribution in [2.75, 3.05) is 0 Å². The average molecular weight is 396 g/mol. The van der Waals surface area contributed by atoms with Crippen LogP contribution in [-0.4, -0.2) is 11.1 Å². The van der Waals surface area contributed by atoms with E-state index in [1.807, 2.05) is 45.2 Å². The van der Waals surface area contributed by atoms with Crippen LogP contribution in [0, 0.1) is 7.14 Å². The molecule has 1 rings (SSSR count). The zero-order valence-electron chi connectivity index (χ0n) is 6.67. The Morgan fingerprint density at radius 3 is 2.38 bits per heavy atom. The number of aromatic hydroxyl groups is 1. The summed E-state index contributed by atoms with van der Waals surface area (Å²) in [4.78, 5) is 10.4. The summed E-state index contributed by atoms with van der Waals surface area (Å²) in [5, 5.41) is 19.7. The minimum Gasteiger partial charge on any atom is -0.545 e. The Morgan fingerprint density at radius 1 is 1.38 bits per heavy atom. The van der Waals surface area contributed by atoms with E-state index in [4.69, 9.17) is 0 Å². The maximum atomic E-state index is 10.4. The second-order valence-electron chi connectivity index (χ2n) is 2.04. The molecule has 6 heteroatoms. The van der Waals surface area contributed by atoms with Crippen LogP contribution in [0.1, 0.15) is 10.4 Å². The standard InChI is InChI=1S/C7H4I2O3.Li/c8-4-2-1-3(7(11)12)6(10)5(4)9;/h1-2,10H,(H,11,12);/q;+1/p-1. The predicted molar refractivity (Wildman–Crippen MR) is 57.9 cm³/mol. The van der Waals surface area contributed by atoms with Crippen LogP contribution >= 0.6 is 45.2 Å². The first kappa shape index (κ1) is 13.5. The Kier molecular flexibility index (Phi) is 5.66. The summed E-state index contributed by atoms with van der Waals surface area (Å²) in [5.41, 5.74) is -0.167. The number of carbonyl (C=O) groups excluding carboxylic acids is 1. The third-order valence-electron chi connectivity index (χ3n) is 1.29. The Labute approximate surface area is 114 Å². The van der Waals surface area contributed by atoms with E-state index in [9.17, 15) is 15.0 Å². The number of carboxylic acids is 1. The first-order valence-corrected chi connectivity index (χ1v) is 5.08. The summed E-state index contributed by atoms with van der Waals surface area (Å²) in [6, 6.07) is 2.95. The van der Waals surface area contributed by atoms with Crippen LogP contribution in [0.3, 0.4) is 0 Å². The van der Waals surface area contributed by atoms with E-state index in [-0.39, 0.29) is 30.2 Å². The molecule has 0 bridgehead atoms. The van der Waals surface area contributed by atoms with E-state index in [1.54, 1.807) is 6.07 Å². The van der Waals surface area contributed by atoms with Crippen LogP contribution in [0.2, 0.25) is 0 Å². The van der Waals surface area contributed by atoms with Crippen LogP contribution in [0.4, 0.5) is 0 Å². The summed E-state index contributed by atoms with van der Waals surface area (Å²) in [6.45, 7) is 0. The van der Waals surface area contributed by atoms with Crippen molar-refractivity contribution in [3.8, 4) is 5.75 Å². The van der Waals surface area contributed by atoms with Gasteiger partial charge in [-0.05, 0) is 57.3 Å². The van der Waals surface area contributed by atoms with Crippen molar-refractivity contribution in [2.45, 2.75) is 0 Å². The molecule has 0 saturated carbocycles. The normalized spacial score (nSPS) is 9.08. The molecule has 0 aliphatic rings. The maximum Gasteiger partial charge on any atom is 1.00 e. The molecule has 0 fully saturated rings. The molecule has 0 spiro atoms. The van der Waals surface area contributed by atoms with Crippen molar-refractivity contribution in [1.82, 2.24) is 0 Å². The maximum absolute atomic E-state index is 10.4. The summed E-state index contributed by atoms with van der Waals surface area (Å²) in [5.74, 6) is -1.58. The number of phenols is 1. The monoisotopic (exact) mass is 396 g/mol. The van der Waals surface area contributed by atoms with Crippen LogP contribution < -0.4 is 24.0 Å². The van der Waals surface area contributed by atoms with Crippen molar-refractivity contribution >= 4 is 51.2 Å². The SMILES string of the molecule is O=C([O-])c1ccc(I)c(I)c1O.[Li+]. The molecule has 0 radical (unpaired) electrons. The molecule has 0 atom stereocenters. The molecule has 1 N–H and O–H groups in total. The van der Waals surface area contributed by atoms with Gasteiger partial charge in [-0.25, -0.2) is 0 Å². The van der Waals surface area contributed by atoms with Crippen molar-refractivity contribution in [3.05, 3.63) is 24.8 Å². The first-order valence-electron chi connectivity index (χ1n) is 2.92. The van der Waals surface area contributed by atoms with Gasteiger partial charge in [0.15, 0.2) is 0 Å². The average Bonchev–Trinajstić information content (AvgIpc) is 2.00. The van der Waals surface area contributed by atoms with Gasteiger partial charge in [-0.15, -0.1) is 0 Å². The molecule has 1 aromatic rings. The zero-order chi connectivity index (χ0) is 9.30. The van der Waals surface area contributed by atoms with Crippen molar-refractivity contribution < 1.29 is 33.9 Å². The number of hydrogen-bond donors (Lipinski definition) is 1. The molecular weight excluding hydrogens is 393 g/mol.